The van der Waals surface area contributed by atoms with Gasteiger partial charge in [0.15, 0.2) is 5.58 Å². The number of hydrogen-bond donors (Lipinski definition) is 1. The van der Waals surface area contributed by atoms with Crippen molar-refractivity contribution in [1.29, 1.82) is 0 Å². The fourth-order valence-electron chi connectivity index (χ4n) is 2.27. The third-order valence-corrected chi connectivity index (χ3v) is 3.35. The topological polar surface area (TPSA) is 82.1 Å². The number of imidazole rings is 1. The van der Waals surface area contributed by atoms with E-state index in [-0.39, 0.29) is 12.5 Å². The number of aromatic nitrogens is 3. The molecule has 0 saturated heterocycles. The molecule has 0 radical (unpaired) electrons. The Hall–Kier alpha value is -2.83. The maximum atomic E-state index is 11.9. The first kappa shape index (κ1) is 14.1. The predicted octanol–water partition coefficient (Wildman–Crippen LogP) is 0.997. The van der Waals surface area contributed by atoms with Crippen molar-refractivity contribution in [2.75, 3.05) is 6.54 Å². The van der Waals surface area contributed by atoms with Gasteiger partial charge in [0.2, 0.25) is 5.91 Å². The van der Waals surface area contributed by atoms with Gasteiger partial charge in [0.25, 0.3) is 0 Å². The lowest BCUT2D eigenvalue weighted by molar-refractivity contribution is -0.121. The molecule has 0 saturated carbocycles. The Labute approximate surface area is 126 Å². The first-order valence-corrected chi connectivity index (χ1v) is 7.05. The third-order valence-electron chi connectivity index (χ3n) is 3.35. The van der Waals surface area contributed by atoms with Crippen molar-refractivity contribution in [1.82, 2.24) is 19.4 Å². The normalized spacial score (nSPS) is 10.9. The molecule has 1 N–H and O–H groups in total. The summed E-state index contributed by atoms with van der Waals surface area (Å²) in [6.45, 7) is 1.29. The van der Waals surface area contributed by atoms with E-state index < -0.39 is 5.76 Å². The molecule has 0 aliphatic heterocycles. The van der Waals surface area contributed by atoms with Gasteiger partial charge < -0.3 is 14.3 Å². The van der Waals surface area contributed by atoms with Gasteiger partial charge in [0.1, 0.15) is 6.54 Å². The van der Waals surface area contributed by atoms with Crippen LogP contribution in [0.15, 0.2) is 52.2 Å². The van der Waals surface area contributed by atoms with Crippen LogP contribution in [-0.2, 0) is 17.9 Å². The minimum atomic E-state index is -0.519. The molecule has 7 nitrogen and oxygen atoms in total. The molecule has 22 heavy (non-hydrogen) atoms. The molecule has 0 aliphatic rings. The molecule has 3 aromatic rings. The van der Waals surface area contributed by atoms with Crippen LogP contribution in [0.4, 0.5) is 0 Å². The van der Waals surface area contributed by atoms with Gasteiger partial charge in [-0.05, 0) is 18.6 Å². The van der Waals surface area contributed by atoms with Gasteiger partial charge in [-0.3, -0.25) is 9.36 Å². The Balaban J connectivity index is 1.55. The zero-order chi connectivity index (χ0) is 15.4. The van der Waals surface area contributed by atoms with E-state index in [0.717, 1.165) is 13.0 Å². The molecule has 0 bridgehead atoms. The number of fused-ring (bicyclic) bond motifs is 1. The minimum absolute atomic E-state index is 0.0408. The van der Waals surface area contributed by atoms with Crippen LogP contribution in [0.5, 0.6) is 0 Å². The molecular weight excluding hydrogens is 284 g/mol. The van der Waals surface area contributed by atoms with Crippen molar-refractivity contribution in [2.45, 2.75) is 19.5 Å². The highest BCUT2D eigenvalue weighted by Gasteiger charge is 2.11. The summed E-state index contributed by atoms with van der Waals surface area (Å²) in [5.74, 6) is -0.728. The second-order valence-electron chi connectivity index (χ2n) is 4.93. The number of rotatable bonds is 6. The highest BCUT2D eigenvalue weighted by atomic mass is 16.4. The number of para-hydroxylation sites is 2. The van der Waals surface area contributed by atoms with Gasteiger partial charge in [-0.1, -0.05) is 12.1 Å². The van der Waals surface area contributed by atoms with Crippen LogP contribution < -0.4 is 11.1 Å². The number of aryl methyl sites for hydroxylation is 1. The van der Waals surface area contributed by atoms with Gasteiger partial charge in [0.05, 0.1) is 11.8 Å². The first-order valence-electron chi connectivity index (χ1n) is 7.05. The summed E-state index contributed by atoms with van der Waals surface area (Å²) < 4.78 is 8.37. The van der Waals surface area contributed by atoms with Gasteiger partial charge in [-0.2, -0.15) is 0 Å². The van der Waals surface area contributed by atoms with E-state index in [4.69, 9.17) is 4.42 Å². The molecule has 2 heterocycles. The number of hydrogen-bond acceptors (Lipinski definition) is 4. The fraction of sp³-hybridized carbons (Fsp3) is 0.267. The summed E-state index contributed by atoms with van der Waals surface area (Å²) in [4.78, 5) is 27.7. The zero-order valence-corrected chi connectivity index (χ0v) is 11.9. The standard InChI is InChI=1S/C15H16N4O3/c20-14(17-6-3-8-18-9-7-16-11-18)10-19-12-4-1-2-5-13(12)22-15(19)21/h1-2,4-5,7,9,11H,3,6,8,10H2,(H,17,20). The number of benzene rings is 1. The number of carbonyl (C=O) groups excluding carboxylic acids is 1. The second-order valence-corrected chi connectivity index (χ2v) is 4.93. The number of amides is 1. The maximum Gasteiger partial charge on any atom is 0.420 e. The lowest BCUT2D eigenvalue weighted by Crippen LogP contribution is -2.31. The van der Waals surface area contributed by atoms with Gasteiger partial charge in [-0.15, -0.1) is 0 Å². The molecular formula is C15H16N4O3. The molecule has 114 valence electrons. The number of carbonyl (C=O) groups is 1. The largest absolute Gasteiger partial charge is 0.420 e. The zero-order valence-electron chi connectivity index (χ0n) is 11.9. The Kier molecular flexibility index (Phi) is 4.04. The average molecular weight is 300 g/mol. The van der Waals surface area contributed by atoms with E-state index in [9.17, 15) is 9.59 Å². The number of nitrogens with zero attached hydrogens (tertiary/aromatic N) is 3. The minimum Gasteiger partial charge on any atom is -0.408 e. The Morgan fingerprint density at radius 1 is 1.32 bits per heavy atom. The summed E-state index contributed by atoms with van der Waals surface area (Å²) in [5, 5.41) is 2.80. The quantitative estimate of drug-likeness (QED) is 0.688. The molecule has 0 spiro atoms. The van der Waals surface area contributed by atoms with E-state index in [0.29, 0.717) is 17.6 Å². The monoisotopic (exact) mass is 300 g/mol. The van der Waals surface area contributed by atoms with Crippen molar-refractivity contribution in [3.8, 4) is 0 Å². The van der Waals surface area contributed by atoms with Crippen LogP contribution in [0.3, 0.4) is 0 Å². The van der Waals surface area contributed by atoms with Crippen LogP contribution in [0.2, 0.25) is 0 Å². The lowest BCUT2D eigenvalue weighted by Gasteiger charge is -2.06. The Morgan fingerprint density at radius 3 is 3.00 bits per heavy atom. The highest BCUT2D eigenvalue weighted by Crippen LogP contribution is 2.11. The second kappa shape index (κ2) is 6.30. The maximum absolute atomic E-state index is 11.9. The van der Waals surface area contributed by atoms with Crippen molar-refractivity contribution < 1.29 is 9.21 Å². The molecule has 0 aliphatic carbocycles. The molecule has 0 unspecified atom stereocenters. The van der Waals surface area contributed by atoms with E-state index in [2.05, 4.69) is 10.3 Å². The Bertz CT molecular complexity index is 817. The van der Waals surface area contributed by atoms with Gasteiger partial charge in [0, 0.05) is 25.5 Å². The fourth-order valence-corrected chi connectivity index (χ4v) is 2.27. The number of oxazole rings is 1. The molecule has 2 aromatic heterocycles. The number of nitrogens with one attached hydrogen (secondary N) is 1. The molecule has 0 fully saturated rings. The van der Waals surface area contributed by atoms with E-state index >= 15 is 0 Å². The van der Waals surface area contributed by atoms with Crippen LogP contribution in [0.25, 0.3) is 11.1 Å². The predicted molar refractivity (Wildman–Crippen MR) is 80.3 cm³/mol. The summed E-state index contributed by atoms with van der Waals surface area (Å²) in [6, 6.07) is 7.05. The molecule has 1 aromatic carbocycles. The van der Waals surface area contributed by atoms with Crippen LogP contribution in [-0.4, -0.2) is 26.6 Å². The summed E-state index contributed by atoms with van der Waals surface area (Å²) in [6.07, 6.45) is 6.12. The molecule has 0 atom stereocenters. The van der Waals surface area contributed by atoms with Crippen molar-refractivity contribution >= 4 is 17.0 Å². The third kappa shape index (κ3) is 3.08. The lowest BCUT2D eigenvalue weighted by atomic mass is 10.3. The summed E-state index contributed by atoms with van der Waals surface area (Å²) in [5.41, 5.74) is 1.11. The highest BCUT2D eigenvalue weighted by molar-refractivity contribution is 5.79. The van der Waals surface area contributed by atoms with Crippen LogP contribution in [0.1, 0.15) is 6.42 Å². The molecule has 3 rings (SSSR count). The smallest absolute Gasteiger partial charge is 0.408 e. The average Bonchev–Trinajstić information content (AvgIpc) is 3.13. The molecule has 7 heteroatoms. The van der Waals surface area contributed by atoms with E-state index in [1.165, 1.54) is 4.57 Å². The molecule has 1 amide bonds. The van der Waals surface area contributed by atoms with Crippen LogP contribution in [0, 0.1) is 0 Å². The van der Waals surface area contributed by atoms with E-state index in [1.54, 1.807) is 36.8 Å². The van der Waals surface area contributed by atoms with Crippen molar-refractivity contribution in [2.24, 2.45) is 0 Å². The first-order chi connectivity index (χ1) is 10.7. The van der Waals surface area contributed by atoms with Crippen molar-refractivity contribution in [3.05, 3.63) is 53.5 Å². The summed E-state index contributed by atoms with van der Waals surface area (Å²) >= 11 is 0. The van der Waals surface area contributed by atoms with Gasteiger partial charge >= 0.3 is 5.76 Å². The van der Waals surface area contributed by atoms with E-state index in [1.807, 2.05) is 10.8 Å². The SMILES string of the molecule is O=C(Cn1c(=O)oc2ccccc21)NCCCn1ccnc1. The van der Waals surface area contributed by atoms with Crippen LogP contribution >= 0.6 is 0 Å². The summed E-state index contributed by atoms with van der Waals surface area (Å²) in [7, 11) is 0. The van der Waals surface area contributed by atoms with Crippen molar-refractivity contribution in [3.63, 3.8) is 0 Å². The van der Waals surface area contributed by atoms with Gasteiger partial charge in [-0.25, -0.2) is 9.78 Å². The Morgan fingerprint density at radius 2 is 2.18 bits per heavy atom.